The number of rotatable bonds is 5. The van der Waals surface area contributed by atoms with Crippen LogP contribution in [0, 0.1) is 6.92 Å². The Morgan fingerprint density at radius 3 is 2.95 bits per heavy atom. The zero-order valence-corrected chi connectivity index (χ0v) is 13.6. The number of halogens is 2. The van der Waals surface area contributed by atoms with Gasteiger partial charge in [-0.25, -0.2) is 4.98 Å². The minimum Gasteiger partial charge on any atom is -0.437 e. The van der Waals surface area contributed by atoms with Crippen molar-refractivity contribution in [1.82, 2.24) is 9.97 Å². The fraction of sp³-hybridized carbons (Fsp3) is 0.286. The van der Waals surface area contributed by atoms with E-state index in [4.69, 9.17) is 16.3 Å². The smallest absolute Gasteiger partial charge is 0.227 e. The van der Waals surface area contributed by atoms with Gasteiger partial charge in [0.05, 0.1) is 5.02 Å². The lowest BCUT2D eigenvalue weighted by Crippen LogP contribution is -2.05. The van der Waals surface area contributed by atoms with Gasteiger partial charge in [-0.15, -0.1) is 0 Å². The summed E-state index contributed by atoms with van der Waals surface area (Å²) in [5.74, 6) is 1.61. The van der Waals surface area contributed by atoms with Crippen LogP contribution in [0.4, 0.5) is 5.95 Å². The van der Waals surface area contributed by atoms with Crippen LogP contribution in [-0.4, -0.2) is 16.5 Å². The second-order valence-corrected chi connectivity index (χ2v) is 5.61. The summed E-state index contributed by atoms with van der Waals surface area (Å²) in [6, 6.07) is 5.44. The largest absolute Gasteiger partial charge is 0.437 e. The summed E-state index contributed by atoms with van der Waals surface area (Å²) in [4.78, 5) is 8.57. The summed E-state index contributed by atoms with van der Waals surface area (Å²) >= 11 is 9.51. The van der Waals surface area contributed by atoms with E-state index in [0.717, 1.165) is 23.0 Å². The van der Waals surface area contributed by atoms with Gasteiger partial charge in [0.2, 0.25) is 11.8 Å². The van der Waals surface area contributed by atoms with Gasteiger partial charge in [0.25, 0.3) is 0 Å². The first kappa shape index (κ1) is 15.1. The Labute approximate surface area is 131 Å². The van der Waals surface area contributed by atoms with Crippen molar-refractivity contribution in [1.29, 1.82) is 0 Å². The molecule has 2 rings (SSSR count). The molecule has 0 radical (unpaired) electrons. The predicted octanol–water partition coefficient (Wildman–Crippen LogP) is 4.82. The fourth-order valence-electron chi connectivity index (χ4n) is 1.51. The van der Waals surface area contributed by atoms with E-state index in [2.05, 4.69) is 38.1 Å². The Morgan fingerprint density at radius 2 is 2.20 bits per heavy atom. The molecular formula is C14H15BrClN3O. The zero-order chi connectivity index (χ0) is 14.5. The molecule has 0 aliphatic rings. The number of nitrogens with one attached hydrogen (secondary N) is 1. The SMILES string of the molecule is CCCNc1ncc(C)c(Oc2cc(Br)ccc2Cl)n1. The fourth-order valence-corrected chi connectivity index (χ4v) is 2.01. The molecular weight excluding hydrogens is 342 g/mol. The van der Waals surface area contributed by atoms with Crippen molar-refractivity contribution in [2.24, 2.45) is 0 Å². The van der Waals surface area contributed by atoms with Crippen LogP contribution in [-0.2, 0) is 0 Å². The lowest BCUT2D eigenvalue weighted by Gasteiger charge is -2.11. The molecule has 0 saturated heterocycles. The van der Waals surface area contributed by atoms with Gasteiger partial charge in [0.15, 0.2) is 0 Å². The van der Waals surface area contributed by atoms with E-state index in [-0.39, 0.29) is 0 Å². The first-order valence-electron chi connectivity index (χ1n) is 6.30. The summed E-state index contributed by atoms with van der Waals surface area (Å²) < 4.78 is 6.68. The molecule has 1 heterocycles. The van der Waals surface area contributed by atoms with Crippen LogP contribution in [0.25, 0.3) is 0 Å². The van der Waals surface area contributed by atoms with Gasteiger partial charge >= 0.3 is 0 Å². The maximum Gasteiger partial charge on any atom is 0.227 e. The van der Waals surface area contributed by atoms with Crippen molar-refractivity contribution in [3.05, 3.63) is 39.5 Å². The topological polar surface area (TPSA) is 47.0 Å². The molecule has 6 heteroatoms. The van der Waals surface area contributed by atoms with Crippen molar-refractivity contribution < 1.29 is 4.74 Å². The lowest BCUT2D eigenvalue weighted by molar-refractivity contribution is 0.458. The number of hydrogen-bond donors (Lipinski definition) is 1. The Balaban J connectivity index is 2.25. The summed E-state index contributed by atoms with van der Waals surface area (Å²) in [5.41, 5.74) is 0.850. The van der Waals surface area contributed by atoms with Gasteiger partial charge in [-0.1, -0.05) is 34.5 Å². The Hall–Kier alpha value is -1.33. The van der Waals surface area contributed by atoms with Crippen LogP contribution in [0.3, 0.4) is 0 Å². The summed E-state index contributed by atoms with van der Waals surface area (Å²) in [6.45, 7) is 4.80. The Morgan fingerprint density at radius 1 is 1.40 bits per heavy atom. The predicted molar refractivity (Wildman–Crippen MR) is 84.8 cm³/mol. The molecule has 0 spiro atoms. The lowest BCUT2D eigenvalue weighted by atomic mass is 10.3. The van der Waals surface area contributed by atoms with Crippen molar-refractivity contribution in [3.8, 4) is 11.6 Å². The second kappa shape index (κ2) is 6.90. The van der Waals surface area contributed by atoms with E-state index >= 15 is 0 Å². The van der Waals surface area contributed by atoms with Crippen molar-refractivity contribution >= 4 is 33.5 Å². The molecule has 0 amide bonds. The van der Waals surface area contributed by atoms with E-state index in [1.54, 1.807) is 12.3 Å². The number of aromatic nitrogens is 2. The molecule has 20 heavy (non-hydrogen) atoms. The van der Waals surface area contributed by atoms with Crippen LogP contribution >= 0.6 is 27.5 Å². The summed E-state index contributed by atoms with van der Waals surface area (Å²) in [7, 11) is 0. The molecule has 0 saturated carbocycles. The zero-order valence-electron chi connectivity index (χ0n) is 11.3. The average Bonchev–Trinajstić information content (AvgIpc) is 2.43. The van der Waals surface area contributed by atoms with E-state index in [9.17, 15) is 0 Å². The van der Waals surface area contributed by atoms with Gasteiger partial charge in [0, 0.05) is 22.8 Å². The van der Waals surface area contributed by atoms with Gasteiger partial charge in [-0.2, -0.15) is 4.98 Å². The van der Waals surface area contributed by atoms with Gasteiger partial charge in [0.1, 0.15) is 5.75 Å². The first-order chi connectivity index (χ1) is 9.60. The Bertz CT molecular complexity index is 607. The Kier molecular flexibility index (Phi) is 5.20. The normalized spacial score (nSPS) is 10.4. The average molecular weight is 357 g/mol. The molecule has 0 aliphatic carbocycles. The minimum absolute atomic E-state index is 0.499. The van der Waals surface area contributed by atoms with Crippen molar-refractivity contribution in [2.75, 3.05) is 11.9 Å². The van der Waals surface area contributed by atoms with Crippen molar-refractivity contribution in [3.63, 3.8) is 0 Å². The third-order valence-corrected chi connectivity index (χ3v) is 3.36. The van der Waals surface area contributed by atoms with Crippen LogP contribution < -0.4 is 10.1 Å². The second-order valence-electron chi connectivity index (χ2n) is 4.29. The number of benzene rings is 1. The van der Waals surface area contributed by atoms with E-state index in [0.29, 0.717) is 22.6 Å². The van der Waals surface area contributed by atoms with Crippen LogP contribution in [0.5, 0.6) is 11.6 Å². The molecule has 0 aliphatic heterocycles. The highest BCUT2D eigenvalue weighted by Gasteiger charge is 2.09. The number of nitrogens with zero attached hydrogens (tertiary/aromatic N) is 2. The molecule has 0 bridgehead atoms. The third kappa shape index (κ3) is 3.84. The first-order valence-corrected chi connectivity index (χ1v) is 7.47. The maximum absolute atomic E-state index is 6.12. The van der Waals surface area contributed by atoms with Gasteiger partial charge < -0.3 is 10.1 Å². The van der Waals surface area contributed by atoms with Crippen LogP contribution in [0.15, 0.2) is 28.9 Å². The third-order valence-electron chi connectivity index (χ3n) is 2.56. The van der Waals surface area contributed by atoms with Gasteiger partial charge in [-0.3, -0.25) is 0 Å². The van der Waals surface area contributed by atoms with E-state index in [1.165, 1.54) is 0 Å². The quantitative estimate of drug-likeness (QED) is 0.834. The molecule has 1 aromatic heterocycles. The molecule has 0 fully saturated rings. The molecule has 1 N–H and O–H groups in total. The molecule has 2 aromatic rings. The number of hydrogen-bond acceptors (Lipinski definition) is 4. The van der Waals surface area contributed by atoms with Crippen molar-refractivity contribution in [2.45, 2.75) is 20.3 Å². The molecule has 4 nitrogen and oxygen atoms in total. The summed E-state index contributed by atoms with van der Waals surface area (Å²) in [5, 5.41) is 3.67. The number of aryl methyl sites for hydroxylation is 1. The van der Waals surface area contributed by atoms with Crippen LogP contribution in [0.2, 0.25) is 5.02 Å². The summed E-state index contributed by atoms with van der Waals surface area (Å²) in [6.07, 6.45) is 2.73. The molecule has 106 valence electrons. The highest BCUT2D eigenvalue weighted by molar-refractivity contribution is 9.10. The highest BCUT2D eigenvalue weighted by Crippen LogP contribution is 2.32. The monoisotopic (exact) mass is 355 g/mol. The number of ether oxygens (including phenoxy) is 1. The standard InChI is InChI=1S/C14H15BrClN3O/c1-3-6-17-14-18-8-9(2)13(19-14)20-12-7-10(15)4-5-11(12)16/h4-5,7-8H,3,6H2,1-2H3,(H,17,18,19). The van der Waals surface area contributed by atoms with E-state index in [1.807, 2.05) is 19.1 Å². The molecule has 0 atom stereocenters. The van der Waals surface area contributed by atoms with Gasteiger partial charge in [-0.05, 0) is 31.5 Å². The molecule has 1 aromatic carbocycles. The maximum atomic E-state index is 6.12. The van der Waals surface area contributed by atoms with E-state index < -0.39 is 0 Å². The number of anilines is 1. The molecule has 0 unspecified atom stereocenters. The minimum atomic E-state index is 0.499. The highest BCUT2D eigenvalue weighted by atomic mass is 79.9. The van der Waals surface area contributed by atoms with Crippen LogP contribution in [0.1, 0.15) is 18.9 Å².